The van der Waals surface area contributed by atoms with Crippen LogP contribution in [0.2, 0.25) is 0 Å². The molecule has 0 amide bonds. The minimum atomic E-state index is 0.0707. The van der Waals surface area contributed by atoms with E-state index in [2.05, 4.69) is 61.5 Å². The van der Waals surface area contributed by atoms with Crippen molar-refractivity contribution in [3.8, 4) is 0 Å². The number of hydrogen-bond donors (Lipinski definition) is 0. The molecule has 0 saturated carbocycles. The summed E-state index contributed by atoms with van der Waals surface area (Å²) < 4.78 is 0. The first kappa shape index (κ1) is 23.4. The molecule has 2 aromatic rings. The average Bonchev–Trinajstić information content (AvgIpc) is 2.50. The molecule has 0 radical (unpaired) electrons. The van der Waals surface area contributed by atoms with Crippen LogP contribution < -0.4 is 0 Å². The number of hydrogen-bond acceptors (Lipinski definition) is 4. The standard InChI is InChI=1S/C8H12N2.C5H6N2.C4H10.C2H6/c1-8(2,3)7-9-5-4-6-10-7;1-5-6-3-2-4-7-5;1-4(2)3;1-2/h4-6H,1-3H3;2-4H,1H3;4H,1-3H3;1-2H3. The van der Waals surface area contributed by atoms with E-state index in [1.807, 2.05) is 26.8 Å². The second-order valence-corrected chi connectivity index (χ2v) is 6.35. The van der Waals surface area contributed by atoms with Crippen molar-refractivity contribution < 1.29 is 0 Å². The lowest BCUT2D eigenvalue weighted by Gasteiger charge is -2.14. The van der Waals surface area contributed by atoms with Crippen LogP contribution in [0, 0.1) is 12.8 Å². The second kappa shape index (κ2) is 13.8. The molecule has 4 heteroatoms. The summed E-state index contributed by atoms with van der Waals surface area (Å²) in [4.78, 5) is 16.0. The summed E-state index contributed by atoms with van der Waals surface area (Å²) in [7, 11) is 0. The van der Waals surface area contributed by atoms with Crippen molar-refractivity contribution in [2.75, 3.05) is 0 Å². The largest absolute Gasteiger partial charge is 0.242 e. The zero-order valence-corrected chi connectivity index (χ0v) is 16.3. The summed E-state index contributed by atoms with van der Waals surface area (Å²) in [6, 6.07) is 3.63. The Morgan fingerprint density at radius 3 is 1.22 bits per heavy atom. The van der Waals surface area contributed by atoms with Gasteiger partial charge < -0.3 is 0 Å². The molecule has 0 aliphatic heterocycles. The molecule has 0 aliphatic carbocycles. The summed E-state index contributed by atoms with van der Waals surface area (Å²) in [5, 5.41) is 0. The summed E-state index contributed by atoms with van der Waals surface area (Å²) in [5.41, 5.74) is 0.0707. The van der Waals surface area contributed by atoms with Crippen LogP contribution in [0.3, 0.4) is 0 Å². The Morgan fingerprint density at radius 1 is 0.739 bits per heavy atom. The number of nitrogens with zero attached hydrogens (tertiary/aromatic N) is 4. The van der Waals surface area contributed by atoms with Gasteiger partial charge >= 0.3 is 0 Å². The lowest BCUT2D eigenvalue weighted by atomic mass is 9.96. The Hall–Kier alpha value is -1.84. The van der Waals surface area contributed by atoms with Gasteiger partial charge in [-0.1, -0.05) is 55.4 Å². The van der Waals surface area contributed by atoms with Gasteiger partial charge in [-0.25, -0.2) is 19.9 Å². The predicted octanol–water partition coefficient (Wildman–Crippen LogP) is 5.25. The highest BCUT2D eigenvalue weighted by molar-refractivity contribution is 5.00. The zero-order chi connectivity index (χ0) is 18.3. The lowest BCUT2D eigenvalue weighted by Crippen LogP contribution is -2.14. The first-order valence-electron chi connectivity index (χ1n) is 8.24. The molecule has 0 atom stereocenters. The fourth-order valence-electron chi connectivity index (χ4n) is 1.06. The quantitative estimate of drug-likeness (QED) is 0.666. The smallest absolute Gasteiger partial charge is 0.133 e. The van der Waals surface area contributed by atoms with Gasteiger partial charge in [0.25, 0.3) is 0 Å². The Labute approximate surface area is 142 Å². The van der Waals surface area contributed by atoms with Crippen molar-refractivity contribution in [1.29, 1.82) is 0 Å². The highest BCUT2D eigenvalue weighted by atomic mass is 14.9. The summed E-state index contributed by atoms with van der Waals surface area (Å²) in [6.45, 7) is 18.7. The molecule has 0 aliphatic rings. The van der Waals surface area contributed by atoms with Crippen LogP contribution in [0.15, 0.2) is 36.9 Å². The molecule has 0 N–H and O–H groups in total. The van der Waals surface area contributed by atoms with Crippen molar-refractivity contribution in [1.82, 2.24) is 19.9 Å². The molecule has 0 spiro atoms. The molecule has 0 unspecified atom stereocenters. The molecule has 2 heterocycles. The average molecular weight is 319 g/mol. The first-order valence-corrected chi connectivity index (χ1v) is 8.24. The Morgan fingerprint density at radius 2 is 1.04 bits per heavy atom. The summed E-state index contributed by atoms with van der Waals surface area (Å²) in [5.74, 6) is 2.55. The fraction of sp³-hybridized carbons (Fsp3) is 0.579. The van der Waals surface area contributed by atoms with E-state index < -0.39 is 0 Å². The summed E-state index contributed by atoms with van der Waals surface area (Å²) >= 11 is 0. The maximum absolute atomic E-state index is 4.14. The monoisotopic (exact) mass is 318 g/mol. The van der Waals surface area contributed by atoms with Gasteiger partial charge in [0.1, 0.15) is 11.6 Å². The molecule has 2 rings (SSSR count). The molecule has 0 fully saturated rings. The number of rotatable bonds is 0. The molecule has 0 saturated heterocycles. The van der Waals surface area contributed by atoms with E-state index in [1.165, 1.54) is 0 Å². The lowest BCUT2D eigenvalue weighted by molar-refractivity contribution is 0.545. The van der Waals surface area contributed by atoms with Crippen molar-refractivity contribution in [2.45, 2.75) is 67.7 Å². The van der Waals surface area contributed by atoms with Crippen molar-refractivity contribution >= 4 is 0 Å². The molecular formula is C19H34N4. The maximum atomic E-state index is 4.14. The van der Waals surface area contributed by atoms with Gasteiger partial charge in [-0.2, -0.15) is 0 Å². The molecular weight excluding hydrogens is 284 g/mol. The van der Waals surface area contributed by atoms with Crippen LogP contribution in [0.4, 0.5) is 0 Å². The molecule has 130 valence electrons. The molecule has 0 aromatic carbocycles. The van der Waals surface area contributed by atoms with Gasteiger partial charge in [0.05, 0.1) is 0 Å². The van der Waals surface area contributed by atoms with E-state index in [0.717, 1.165) is 17.6 Å². The van der Waals surface area contributed by atoms with Gasteiger partial charge in [0.2, 0.25) is 0 Å². The molecule has 23 heavy (non-hydrogen) atoms. The van der Waals surface area contributed by atoms with Crippen LogP contribution in [0.5, 0.6) is 0 Å². The van der Waals surface area contributed by atoms with E-state index in [1.54, 1.807) is 30.9 Å². The van der Waals surface area contributed by atoms with Crippen molar-refractivity contribution in [3.05, 3.63) is 48.6 Å². The van der Waals surface area contributed by atoms with Gasteiger partial charge in [-0.05, 0) is 25.0 Å². The number of aryl methyl sites for hydroxylation is 1. The minimum absolute atomic E-state index is 0.0707. The molecule has 0 bridgehead atoms. The van der Waals surface area contributed by atoms with E-state index in [9.17, 15) is 0 Å². The highest BCUT2D eigenvalue weighted by Crippen LogP contribution is 2.15. The van der Waals surface area contributed by atoms with Crippen LogP contribution in [0.1, 0.15) is 67.0 Å². The van der Waals surface area contributed by atoms with Crippen LogP contribution in [-0.2, 0) is 5.41 Å². The molecule has 2 aromatic heterocycles. The minimum Gasteiger partial charge on any atom is -0.242 e. The van der Waals surface area contributed by atoms with Gasteiger partial charge in [0, 0.05) is 30.2 Å². The maximum Gasteiger partial charge on any atom is 0.133 e. The van der Waals surface area contributed by atoms with E-state index in [4.69, 9.17) is 0 Å². The third-order valence-electron chi connectivity index (χ3n) is 1.93. The first-order chi connectivity index (χ1) is 10.7. The van der Waals surface area contributed by atoms with Gasteiger partial charge in [-0.15, -0.1) is 0 Å². The Balaban J connectivity index is 0. The predicted molar refractivity (Wildman–Crippen MR) is 99.4 cm³/mol. The number of aromatic nitrogens is 4. The third-order valence-corrected chi connectivity index (χ3v) is 1.93. The van der Waals surface area contributed by atoms with Crippen molar-refractivity contribution in [3.63, 3.8) is 0 Å². The van der Waals surface area contributed by atoms with Crippen LogP contribution >= 0.6 is 0 Å². The molecule has 4 nitrogen and oxygen atoms in total. The highest BCUT2D eigenvalue weighted by Gasteiger charge is 2.15. The van der Waals surface area contributed by atoms with Gasteiger partial charge in [-0.3, -0.25) is 0 Å². The Kier molecular flexibility index (Phi) is 14.1. The normalized spacial score (nSPS) is 9.48. The second-order valence-electron chi connectivity index (χ2n) is 6.35. The third kappa shape index (κ3) is 16.4. The van der Waals surface area contributed by atoms with E-state index >= 15 is 0 Å². The SMILES string of the molecule is CC.CC(C)(C)c1ncccn1.CC(C)C.Cc1ncccn1. The van der Waals surface area contributed by atoms with Crippen LogP contribution in [-0.4, -0.2) is 19.9 Å². The zero-order valence-electron chi connectivity index (χ0n) is 16.3. The Bertz CT molecular complexity index is 459. The van der Waals surface area contributed by atoms with Gasteiger partial charge in [0.15, 0.2) is 0 Å². The van der Waals surface area contributed by atoms with Crippen molar-refractivity contribution in [2.24, 2.45) is 5.92 Å². The fourth-order valence-corrected chi connectivity index (χ4v) is 1.06. The topological polar surface area (TPSA) is 51.6 Å². The van der Waals surface area contributed by atoms with E-state index in [-0.39, 0.29) is 5.41 Å². The van der Waals surface area contributed by atoms with E-state index in [0.29, 0.717) is 0 Å². The summed E-state index contributed by atoms with van der Waals surface area (Å²) in [6.07, 6.45) is 6.99. The van der Waals surface area contributed by atoms with Crippen LogP contribution in [0.25, 0.3) is 0 Å².